The molecular weight excluding hydrogens is 298 g/mol. The van der Waals surface area contributed by atoms with Gasteiger partial charge in [0, 0.05) is 30.8 Å². The average molecular weight is 323 g/mol. The lowest BCUT2D eigenvalue weighted by molar-refractivity contribution is 0.0785. The third kappa shape index (κ3) is 2.54. The Labute approximate surface area is 143 Å². The number of aryl methyl sites for hydroxylation is 1. The fraction of sp³-hybridized carbons (Fsp3) is 0.500. The van der Waals surface area contributed by atoms with Crippen molar-refractivity contribution in [2.45, 2.75) is 45.1 Å². The molecule has 1 amide bonds. The largest absolute Gasteiger partial charge is 0.338 e. The van der Waals surface area contributed by atoms with Crippen molar-refractivity contribution < 1.29 is 4.79 Å². The molecular formula is C20H25N3O. The van der Waals surface area contributed by atoms with Crippen LogP contribution in [-0.4, -0.2) is 33.7 Å². The lowest BCUT2D eigenvalue weighted by Gasteiger charge is -2.22. The van der Waals surface area contributed by atoms with Crippen LogP contribution in [0.4, 0.5) is 0 Å². The zero-order chi connectivity index (χ0) is 16.9. The molecule has 2 aromatic rings. The number of rotatable bonds is 1. The minimum atomic E-state index is 0.00495. The summed E-state index contributed by atoms with van der Waals surface area (Å²) in [7, 11) is 0. The number of amides is 1. The highest BCUT2D eigenvalue weighted by molar-refractivity contribution is 5.94. The Morgan fingerprint density at radius 3 is 2.62 bits per heavy atom. The quantitative estimate of drug-likeness (QED) is 0.806. The highest BCUT2D eigenvalue weighted by atomic mass is 16.2. The van der Waals surface area contributed by atoms with Crippen molar-refractivity contribution in [3.63, 3.8) is 0 Å². The van der Waals surface area contributed by atoms with Gasteiger partial charge in [0.2, 0.25) is 0 Å². The second kappa shape index (κ2) is 5.47. The monoisotopic (exact) mass is 323 g/mol. The number of carbonyl (C=O) groups excluding carboxylic acids is 1. The molecule has 1 aliphatic heterocycles. The van der Waals surface area contributed by atoms with Crippen LogP contribution < -0.4 is 0 Å². The predicted octanol–water partition coefficient (Wildman–Crippen LogP) is 3.44. The number of aromatic nitrogens is 2. The SMILES string of the molecule is CC(C)(C)n1cc2c(n1)[C@H]1CN(C(=O)c3ccccc3)C[C@H]1CC2. The molecule has 1 aromatic carbocycles. The lowest BCUT2D eigenvalue weighted by atomic mass is 9.81. The standard InChI is InChI=1S/C20H25N3O/c1-20(2,3)23-12-16-10-9-15-11-22(13-17(15)18(16)21-23)19(24)14-7-5-4-6-8-14/h4-8,12,15,17H,9-11,13H2,1-3H3/t15-,17+/m1/s1. The first-order valence-corrected chi connectivity index (χ1v) is 8.87. The number of fused-ring (bicyclic) bond motifs is 3. The van der Waals surface area contributed by atoms with Crippen LogP contribution >= 0.6 is 0 Å². The molecule has 0 saturated carbocycles. The Balaban J connectivity index is 1.59. The molecule has 2 atom stereocenters. The third-order valence-electron chi connectivity index (χ3n) is 5.39. The lowest BCUT2D eigenvalue weighted by Crippen LogP contribution is -2.28. The van der Waals surface area contributed by atoms with Gasteiger partial charge in [-0.05, 0) is 57.2 Å². The van der Waals surface area contributed by atoms with E-state index < -0.39 is 0 Å². The molecule has 24 heavy (non-hydrogen) atoms. The van der Waals surface area contributed by atoms with Gasteiger partial charge in [0.05, 0.1) is 11.2 Å². The minimum Gasteiger partial charge on any atom is -0.338 e. The van der Waals surface area contributed by atoms with E-state index in [1.54, 1.807) is 0 Å². The van der Waals surface area contributed by atoms with E-state index in [0.717, 1.165) is 31.5 Å². The molecule has 1 fully saturated rings. The van der Waals surface area contributed by atoms with Crippen molar-refractivity contribution in [1.29, 1.82) is 0 Å². The summed E-state index contributed by atoms with van der Waals surface area (Å²) in [4.78, 5) is 14.8. The van der Waals surface area contributed by atoms with Gasteiger partial charge in [-0.3, -0.25) is 9.48 Å². The predicted molar refractivity (Wildman–Crippen MR) is 94.1 cm³/mol. The molecule has 4 rings (SSSR count). The molecule has 126 valence electrons. The topological polar surface area (TPSA) is 38.1 Å². The first-order chi connectivity index (χ1) is 11.4. The van der Waals surface area contributed by atoms with Gasteiger partial charge in [0.15, 0.2) is 0 Å². The number of carbonyl (C=O) groups is 1. The summed E-state index contributed by atoms with van der Waals surface area (Å²) in [6, 6.07) is 9.62. The van der Waals surface area contributed by atoms with Crippen LogP contribution in [-0.2, 0) is 12.0 Å². The van der Waals surface area contributed by atoms with Crippen LogP contribution in [0, 0.1) is 5.92 Å². The average Bonchev–Trinajstić information content (AvgIpc) is 3.17. The molecule has 1 aliphatic carbocycles. The highest BCUT2D eigenvalue weighted by Crippen LogP contribution is 2.41. The number of hydrogen-bond donors (Lipinski definition) is 0. The molecule has 4 nitrogen and oxygen atoms in total. The Hall–Kier alpha value is -2.10. The first kappa shape index (κ1) is 15.4. The highest BCUT2D eigenvalue weighted by Gasteiger charge is 2.41. The molecule has 2 aliphatic rings. The van der Waals surface area contributed by atoms with Gasteiger partial charge < -0.3 is 4.90 Å². The van der Waals surface area contributed by atoms with Crippen molar-refractivity contribution in [3.05, 3.63) is 53.3 Å². The van der Waals surface area contributed by atoms with Crippen molar-refractivity contribution >= 4 is 5.91 Å². The maximum Gasteiger partial charge on any atom is 0.253 e. The summed E-state index contributed by atoms with van der Waals surface area (Å²) in [5.41, 5.74) is 3.40. The third-order valence-corrected chi connectivity index (χ3v) is 5.39. The van der Waals surface area contributed by atoms with E-state index in [4.69, 9.17) is 5.10 Å². The maximum absolute atomic E-state index is 12.8. The van der Waals surface area contributed by atoms with Crippen LogP contribution in [0.3, 0.4) is 0 Å². The number of hydrogen-bond acceptors (Lipinski definition) is 2. The van der Waals surface area contributed by atoms with E-state index in [1.807, 2.05) is 35.2 Å². The molecule has 0 unspecified atom stereocenters. The van der Waals surface area contributed by atoms with Crippen molar-refractivity contribution in [3.8, 4) is 0 Å². The fourth-order valence-corrected chi connectivity index (χ4v) is 4.02. The Bertz CT molecular complexity index is 757. The summed E-state index contributed by atoms with van der Waals surface area (Å²) < 4.78 is 2.10. The zero-order valence-corrected chi connectivity index (χ0v) is 14.7. The van der Waals surface area contributed by atoms with E-state index in [9.17, 15) is 4.79 Å². The van der Waals surface area contributed by atoms with Crippen molar-refractivity contribution in [2.75, 3.05) is 13.1 Å². The summed E-state index contributed by atoms with van der Waals surface area (Å²) in [6.07, 6.45) is 4.46. The van der Waals surface area contributed by atoms with E-state index in [2.05, 4.69) is 31.6 Å². The first-order valence-electron chi connectivity index (χ1n) is 8.87. The van der Waals surface area contributed by atoms with Gasteiger partial charge in [-0.15, -0.1) is 0 Å². The fourth-order valence-electron chi connectivity index (χ4n) is 4.02. The molecule has 4 heteroatoms. The molecule has 2 heterocycles. The smallest absolute Gasteiger partial charge is 0.253 e. The Morgan fingerprint density at radius 1 is 1.17 bits per heavy atom. The van der Waals surface area contributed by atoms with Gasteiger partial charge in [-0.25, -0.2) is 0 Å². The van der Waals surface area contributed by atoms with Crippen LogP contribution in [0.25, 0.3) is 0 Å². The molecule has 0 spiro atoms. The summed E-state index contributed by atoms with van der Waals surface area (Å²) in [5, 5.41) is 4.91. The molecule has 1 saturated heterocycles. The van der Waals surface area contributed by atoms with Crippen LogP contribution in [0.5, 0.6) is 0 Å². The summed E-state index contributed by atoms with van der Waals surface area (Å²) >= 11 is 0. The zero-order valence-electron chi connectivity index (χ0n) is 14.7. The van der Waals surface area contributed by atoms with Gasteiger partial charge in [-0.2, -0.15) is 5.10 Å². The second-order valence-electron chi connectivity index (χ2n) is 8.14. The normalized spacial score (nSPS) is 23.0. The van der Waals surface area contributed by atoms with E-state index >= 15 is 0 Å². The van der Waals surface area contributed by atoms with Gasteiger partial charge in [-0.1, -0.05) is 18.2 Å². The maximum atomic E-state index is 12.8. The Morgan fingerprint density at radius 2 is 1.92 bits per heavy atom. The van der Waals surface area contributed by atoms with E-state index in [1.165, 1.54) is 11.3 Å². The van der Waals surface area contributed by atoms with E-state index in [-0.39, 0.29) is 11.4 Å². The second-order valence-corrected chi connectivity index (χ2v) is 8.14. The van der Waals surface area contributed by atoms with Crippen LogP contribution in [0.1, 0.15) is 54.7 Å². The number of nitrogens with zero attached hydrogens (tertiary/aromatic N) is 3. The summed E-state index contributed by atoms with van der Waals surface area (Å²) in [6.45, 7) is 8.21. The molecule has 0 N–H and O–H groups in total. The Kier molecular flexibility index (Phi) is 3.52. The number of likely N-dealkylation sites (tertiary alicyclic amines) is 1. The minimum absolute atomic E-state index is 0.00495. The molecule has 0 radical (unpaired) electrons. The van der Waals surface area contributed by atoms with E-state index in [0.29, 0.717) is 11.8 Å². The summed E-state index contributed by atoms with van der Waals surface area (Å²) in [5.74, 6) is 1.10. The van der Waals surface area contributed by atoms with Gasteiger partial charge >= 0.3 is 0 Å². The van der Waals surface area contributed by atoms with Gasteiger partial charge in [0.1, 0.15) is 0 Å². The molecule has 0 bridgehead atoms. The number of benzene rings is 1. The molecule has 1 aromatic heterocycles. The van der Waals surface area contributed by atoms with Gasteiger partial charge in [0.25, 0.3) is 5.91 Å². The van der Waals surface area contributed by atoms with Crippen LogP contribution in [0.15, 0.2) is 36.5 Å². The van der Waals surface area contributed by atoms with Crippen molar-refractivity contribution in [1.82, 2.24) is 14.7 Å². The van der Waals surface area contributed by atoms with Crippen molar-refractivity contribution in [2.24, 2.45) is 5.92 Å². The van der Waals surface area contributed by atoms with Crippen LogP contribution in [0.2, 0.25) is 0 Å².